The molecule has 1 aliphatic heterocycles. The Labute approximate surface area is 198 Å². The minimum absolute atomic E-state index is 0.00332. The van der Waals surface area contributed by atoms with Crippen LogP contribution >= 0.6 is 0 Å². The highest BCUT2D eigenvalue weighted by Gasteiger charge is 2.25. The number of aromatic nitrogens is 4. The highest BCUT2D eigenvalue weighted by atomic mass is 28.3. The molecule has 4 heterocycles. The molecule has 3 aromatic rings. The average molecular weight is 490 g/mol. The molecule has 1 aliphatic rings. The van der Waals surface area contributed by atoms with Crippen molar-refractivity contribution in [3.8, 4) is 5.88 Å². The molecule has 0 aromatic carbocycles. The Morgan fingerprint density at radius 2 is 2.06 bits per heavy atom. The van der Waals surface area contributed by atoms with Crippen molar-refractivity contribution < 1.29 is 18.6 Å². The van der Waals surface area contributed by atoms with Crippen molar-refractivity contribution >= 4 is 30.7 Å². The Balaban J connectivity index is 1.73. The summed E-state index contributed by atoms with van der Waals surface area (Å²) in [5.41, 5.74) is 1.05. The lowest BCUT2D eigenvalue weighted by Gasteiger charge is -2.23. The average Bonchev–Trinajstić information content (AvgIpc) is 3.07. The van der Waals surface area contributed by atoms with E-state index in [0.29, 0.717) is 55.4 Å². The van der Waals surface area contributed by atoms with Crippen molar-refractivity contribution in [1.29, 1.82) is 0 Å². The van der Waals surface area contributed by atoms with Crippen LogP contribution in [0, 0.1) is 5.82 Å². The number of fused-ring (bicyclic) bond motifs is 1. The van der Waals surface area contributed by atoms with Gasteiger partial charge in [0.05, 0.1) is 12.6 Å². The smallest absolute Gasteiger partial charge is 0.332 e. The van der Waals surface area contributed by atoms with Gasteiger partial charge in [-0.15, -0.1) is 0 Å². The second kappa shape index (κ2) is 10.2. The Bertz CT molecular complexity index is 1200. The van der Waals surface area contributed by atoms with Crippen LogP contribution in [0.2, 0.25) is 25.7 Å². The lowest BCUT2D eigenvalue weighted by molar-refractivity contribution is 0.0669. The molecule has 34 heavy (non-hydrogen) atoms. The molecule has 1 N–H and O–H groups in total. The topological polar surface area (TPSA) is 92.4 Å². The maximum absolute atomic E-state index is 15.2. The Morgan fingerprint density at radius 3 is 2.76 bits per heavy atom. The van der Waals surface area contributed by atoms with Gasteiger partial charge in [0, 0.05) is 46.2 Å². The number of rotatable bonds is 9. The Kier molecular flexibility index (Phi) is 7.34. The molecule has 0 amide bonds. The fourth-order valence-corrected chi connectivity index (χ4v) is 4.72. The van der Waals surface area contributed by atoms with Gasteiger partial charge in [-0.2, -0.15) is 0 Å². The van der Waals surface area contributed by atoms with Crippen LogP contribution in [0.15, 0.2) is 29.2 Å². The molecule has 0 atom stereocenters. The summed E-state index contributed by atoms with van der Waals surface area (Å²) in [6, 6.07) is 5.68. The Morgan fingerprint density at radius 1 is 1.29 bits per heavy atom. The number of imidazole rings is 1. The molecule has 4 rings (SSSR count). The van der Waals surface area contributed by atoms with Crippen LogP contribution in [0.3, 0.4) is 0 Å². The van der Waals surface area contributed by atoms with E-state index in [1.165, 1.54) is 17.7 Å². The number of nitrogens with zero attached hydrogens (tertiary/aromatic N) is 4. The SMILES string of the molecule is COc1ncccc1Nc1nc2c(cc1F)n(COCC[Si](C)(C)C)c(=O)n2C1CCOCC1. The molecule has 0 saturated carbocycles. The predicted octanol–water partition coefficient (Wildman–Crippen LogP) is 4.15. The van der Waals surface area contributed by atoms with Crippen molar-refractivity contribution in [1.82, 2.24) is 19.1 Å². The van der Waals surface area contributed by atoms with Crippen molar-refractivity contribution in [2.45, 2.75) is 51.3 Å². The van der Waals surface area contributed by atoms with Crippen LogP contribution in [0.25, 0.3) is 11.2 Å². The van der Waals surface area contributed by atoms with E-state index in [0.717, 1.165) is 6.04 Å². The largest absolute Gasteiger partial charge is 0.480 e. The van der Waals surface area contributed by atoms with E-state index in [1.807, 2.05) is 0 Å². The van der Waals surface area contributed by atoms with E-state index in [1.54, 1.807) is 22.9 Å². The first-order valence-electron chi connectivity index (χ1n) is 11.5. The molecule has 1 saturated heterocycles. The van der Waals surface area contributed by atoms with E-state index in [9.17, 15) is 4.79 Å². The second-order valence-electron chi connectivity index (χ2n) is 9.62. The summed E-state index contributed by atoms with van der Waals surface area (Å²) in [5, 5.41) is 2.96. The highest BCUT2D eigenvalue weighted by molar-refractivity contribution is 6.76. The third kappa shape index (κ3) is 5.31. The molecule has 0 unspecified atom stereocenters. The zero-order valence-electron chi connectivity index (χ0n) is 20.1. The summed E-state index contributed by atoms with van der Waals surface area (Å²) in [7, 11) is 0.218. The van der Waals surface area contributed by atoms with Gasteiger partial charge in [-0.25, -0.2) is 19.2 Å². The molecular weight excluding hydrogens is 457 g/mol. The van der Waals surface area contributed by atoms with Crippen molar-refractivity contribution in [3.63, 3.8) is 0 Å². The fraction of sp³-hybridized carbons (Fsp3) is 0.522. The van der Waals surface area contributed by atoms with E-state index >= 15 is 4.39 Å². The minimum Gasteiger partial charge on any atom is -0.480 e. The first kappa shape index (κ1) is 24.4. The van der Waals surface area contributed by atoms with Crippen LogP contribution in [0.5, 0.6) is 5.88 Å². The van der Waals surface area contributed by atoms with E-state index < -0.39 is 13.9 Å². The standard InChI is InChI=1S/C23H32FN5O4Si/c1-31-22-18(6-5-9-25-22)26-20-17(24)14-19-21(27-20)29(16-7-10-32-11-8-16)23(30)28(19)15-33-12-13-34(2,3)4/h5-6,9,14,16H,7-8,10-13,15H2,1-4H3,(H,26,27). The summed E-state index contributed by atoms with van der Waals surface area (Å²) >= 11 is 0. The lowest BCUT2D eigenvalue weighted by Crippen LogP contribution is -2.31. The number of pyridine rings is 2. The number of hydrogen-bond acceptors (Lipinski definition) is 7. The summed E-state index contributed by atoms with van der Waals surface area (Å²) in [4.78, 5) is 22.1. The van der Waals surface area contributed by atoms with Gasteiger partial charge in [0.15, 0.2) is 17.3 Å². The van der Waals surface area contributed by atoms with Gasteiger partial charge in [0.1, 0.15) is 12.4 Å². The van der Waals surface area contributed by atoms with Gasteiger partial charge < -0.3 is 19.5 Å². The van der Waals surface area contributed by atoms with E-state index in [2.05, 4.69) is 34.9 Å². The van der Waals surface area contributed by atoms with Crippen molar-refractivity contribution in [2.24, 2.45) is 0 Å². The fourth-order valence-electron chi connectivity index (χ4n) is 3.96. The zero-order chi connectivity index (χ0) is 24.3. The number of hydrogen-bond donors (Lipinski definition) is 1. The van der Waals surface area contributed by atoms with Gasteiger partial charge in [0.2, 0.25) is 5.88 Å². The summed E-state index contributed by atoms with van der Waals surface area (Å²) < 4.78 is 34.9. The van der Waals surface area contributed by atoms with E-state index in [-0.39, 0.29) is 24.3 Å². The molecular formula is C23H32FN5O4Si. The van der Waals surface area contributed by atoms with Gasteiger partial charge in [0.25, 0.3) is 0 Å². The van der Waals surface area contributed by atoms with Crippen LogP contribution < -0.4 is 15.7 Å². The van der Waals surface area contributed by atoms with Gasteiger partial charge in [-0.1, -0.05) is 19.6 Å². The third-order valence-electron chi connectivity index (χ3n) is 5.88. The maximum Gasteiger partial charge on any atom is 0.332 e. The van der Waals surface area contributed by atoms with Crippen molar-refractivity contribution in [2.75, 3.05) is 32.2 Å². The molecule has 0 radical (unpaired) electrons. The van der Waals surface area contributed by atoms with Crippen LogP contribution in [0.4, 0.5) is 15.9 Å². The molecule has 9 nitrogen and oxygen atoms in total. The monoisotopic (exact) mass is 489 g/mol. The Hall–Kier alpha value is -2.76. The number of ether oxygens (including phenoxy) is 3. The highest BCUT2D eigenvalue weighted by Crippen LogP contribution is 2.29. The molecule has 1 fully saturated rings. The summed E-state index contributed by atoms with van der Waals surface area (Å²) in [5.74, 6) is -0.270. The molecule has 184 valence electrons. The molecule has 3 aromatic heterocycles. The van der Waals surface area contributed by atoms with Crippen molar-refractivity contribution in [3.05, 3.63) is 40.7 Å². The molecule has 0 bridgehead atoms. The molecule has 0 aliphatic carbocycles. The van der Waals surface area contributed by atoms with Crippen LogP contribution in [-0.4, -0.2) is 54.1 Å². The third-order valence-corrected chi connectivity index (χ3v) is 7.59. The predicted molar refractivity (Wildman–Crippen MR) is 131 cm³/mol. The van der Waals surface area contributed by atoms with Gasteiger partial charge in [-0.05, 0) is 31.0 Å². The molecule has 11 heteroatoms. The van der Waals surface area contributed by atoms with E-state index in [4.69, 9.17) is 14.2 Å². The lowest BCUT2D eigenvalue weighted by atomic mass is 10.1. The summed E-state index contributed by atoms with van der Waals surface area (Å²) in [6.07, 6.45) is 2.96. The first-order chi connectivity index (χ1) is 16.3. The van der Waals surface area contributed by atoms with Crippen LogP contribution in [0.1, 0.15) is 18.9 Å². The zero-order valence-corrected chi connectivity index (χ0v) is 21.1. The number of methoxy groups -OCH3 is 1. The number of nitrogens with one attached hydrogen (secondary N) is 1. The first-order valence-corrected chi connectivity index (χ1v) is 15.2. The number of halogens is 1. The minimum atomic E-state index is -1.27. The molecule has 0 spiro atoms. The normalized spacial score (nSPS) is 15.1. The van der Waals surface area contributed by atoms with Gasteiger partial charge in [-0.3, -0.25) is 9.13 Å². The number of anilines is 2. The second-order valence-corrected chi connectivity index (χ2v) is 15.2. The maximum atomic E-state index is 15.2. The van der Waals surface area contributed by atoms with Crippen LogP contribution in [-0.2, 0) is 16.2 Å². The van der Waals surface area contributed by atoms with Gasteiger partial charge >= 0.3 is 5.69 Å². The quantitative estimate of drug-likeness (QED) is 0.357. The summed E-state index contributed by atoms with van der Waals surface area (Å²) in [6.45, 7) is 8.55.